The van der Waals surface area contributed by atoms with Crippen molar-refractivity contribution in [1.82, 2.24) is 5.32 Å². The molecule has 0 aromatic heterocycles. The molecule has 0 aliphatic carbocycles. The maximum absolute atomic E-state index is 12.6. The summed E-state index contributed by atoms with van der Waals surface area (Å²) >= 11 is 0. The van der Waals surface area contributed by atoms with E-state index in [-0.39, 0.29) is 19.1 Å². The van der Waals surface area contributed by atoms with Crippen LogP contribution in [0.4, 0.5) is 0 Å². The average Bonchev–Trinajstić information content (AvgIpc) is 3.06. The monoisotopic (exact) mass is 617 g/mol. The molecule has 0 saturated carbocycles. The SMILES string of the molecule is CC/C=C\C/C=C\C/C=C\C/C=C\C/C=C\C/C=C\CCC(=O)NC(CO)(CO)CCc1ccc(CCCCCCCC)cc1. The van der Waals surface area contributed by atoms with Crippen molar-refractivity contribution in [3.8, 4) is 0 Å². The molecular formula is C41H63NO3. The first-order valence-corrected chi connectivity index (χ1v) is 17.6. The Morgan fingerprint density at radius 2 is 1.07 bits per heavy atom. The van der Waals surface area contributed by atoms with E-state index in [1.807, 2.05) is 6.08 Å². The maximum Gasteiger partial charge on any atom is 0.220 e. The molecule has 0 spiro atoms. The van der Waals surface area contributed by atoms with E-state index in [1.165, 1.54) is 44.1 Å². The Morgan fingerprint density at radius 3 is 1.56 bits per heavy atom. The highest BCUT2D eigenvalue weighted by Gasteiger charge is 2.30. The normalized spacial score (nSPS) is 12.8. The minimum atomic E-state index is -1.01. The van der Waals surface area contributed by atoms with Crippen molar-refractivity contribution in [2.75, 3.05) is 13.2 Å². The molecule has 0 bridgehead atoms. The number of benzene rings is 1. The largest absolute Gasteiger partial charge is 0.394 e. The van der Waals surface area contributed by atoms with Crippen molar-refractivity contribution in [3.63, 3.8) is 0 Å². The lowest BCUT2D eigenvalue weighted by Gasteiger charge is -2.31. The number of carbonyl (C=O) groups is 1. The third kappa shape index (κ3) is 22.2. The van der Waals surface area contributed by atoms with Gasteiger partial charge >= 0.3 is 0 Å². The molecular weight excluding hydrogens is 554 g/mol. The minimum absolute atomic E-state index is 0.146. The van der Waals surface area contributed by atoms with Crippen LogP contribution < -0.4 is 5.32 Å². The number of rotatable bonds is 27. The summed E-state index contributed by atoms with van der Waals surface area (Å²) < 4.78 is 0. The van der Waals surface area contributed by atoms with Gasteiger partial charge in [0.25, 0.3) is 0 Å². The molecule has 0 aliphatic rings. The van der Waals surface area contributed by atoms with E-state index in [1.54, 1.807) is 0 Å². The molecule has 1 rings (SSSR count). The summed E-state index contributed by atoms with van der Waals surface area (Å²) in [7, 11) is 0. The molecule has 1 aromatic carbocycles. The summed E-state index contributed by atoms with van der Waals surface area (Å²) in [6, 6.07) is 8.64. The first kappa shape index (κ1) is 40.1. The van der Waals surface area contributed by atoms with Crippen LogP contribution in [0.3, 0.4) is 0 Å². The zero-order valence-electron chi connectivity index (χ0n) is 28.5. The number of hydrogen-bond donors (Lipinski definition) is 3. The second-order valence-electron chi connectivity index (χ2n) is 11.9. The molecule has 0 unspecified atom stereocenters. The van der Waals surface area contributed by atoms with Gasteiger partial charge in [-0.1, -0.05) is 143 Å². The van der Waals surface area contributed by atoms with Crippen molar-refractivity contribution in [3.05, 3.63) is 108 Å². The Balaban J connectivity index is 2.24. The summed E-state index contributed by atoms with van der Waals surface area (Å²) in [6.45, 7) is 3.82. The fraction of sp³-hybridized carbons (Fsp3) is 0.537. The molecule has 0 saturated heterocycles. The minimum Gasteiger partial charge on any atom is -0.394 e. The van der Waals surface area contributed by atoms with Gasteiger partial charge in [0.05, 0.1) is 18.8 Å². The predicted octanol–water partition coefficient (Wildman–Crippen LogP) is 9.84. The Kier molecular flexibility index (Phi) is 25.4. The van der Waals surface area contributed by atoms with Crippen molar-refractivity contribution in [2.24, 2.45) is 0 Å². The lowest BCUT2D eigenvalue weighted by molar-refractivity contribution is -0.124. The van der Waals surface area contributed by atoms with Gasteiger partial charge in [-0.25, -0.2) is 0 Å². The second kappa shape index (κ2) is 28.5. The van der Waals surface area contributed by atoms with E-state index in [0.29, 0.717) is 25.7 Å². The molecule has 0 atom stereocenters. The molecule has 0 fully saturated rings. The summed E-state index contributed by atoms with van der Waals surface area (Å²) in [6.07, 6.45) is 42.8. The molecule has 1 amide bonds. The third-order valence-electron chi connectivity index (χ3n) is 7.88. The third-order valence-corrected chi connectivity index (χ3v) is 7.88. The highest BCUT2D eigenvalue weighted by molar-refractivity contribution is 5.77. The zero-order valence-corrected chi connectivity index (χ0v) is 28.5. The average molecular weight is 618 g/mol. The maximum atomic E-state index is 12.6. The van der Waals surface area contributed by atoms with E-state index in [4.69, 9.17) is 0 Å². The summed E-state index contributed by atoms with van der Waals surface area (Å²) in [5.74, 6) is -0.146. The van der Waals surface area contributed by atoms with Gasteiger partial charge in [0.15, 0.2) is 0 Å². The Bertz CT molecular complexity index is 1030. The van der Waals surface area contributed by atoms with Gasteiger partial charge in [-0.2, -0.15) is 0 Å². The molecule has 0 heterocycles. The molecule has 0 radical (unpaired) electrons. The number of carbonyl (C=O) groups excluding carboxylic acids is 1. The highest BCUT2D eigenvalue weighted by Crippen LogP contribution is 2.17. The van der Waals surface area contributed by atoms with Crippen LogP contribution in [-0.4, -0.2) is 34.9 Å². The molecule has 45 heavy (non-hydrogen) atoms. The molecule has 1 aromatic rings. The van der Waals surface area contributed by atoms with Crippen molar-refractivity contribution < 1.29 is 15.0 Å². The van der Waals surface area contributed by atoms with E-state index < -0.39 is 5.54 Å². The van der Waals surface area contributed by atoms with Crippen LogP contribution in [0.15, 0.2) is 97.2 Å². The van der Waals surface area contributed by atoms with Gasteiger partial charge in [-0.05, 0) is 81.8 Å². The van der Waals surface area contributed by atoms with E-state index in [0.717, 1.165) is 50.5 Å². The molecule has 0 aliphatic heterocycles. The van der Waals surface area contributed by atoms with E-state index in [2.05, 4.69) is 110 Å². The van der Waals surface area contributed by atoms with Gasteiger partial charge in [0, 0.05) is 6.42 Å². The lowest BCUT2D eigenvalue weighted by atomic mass is 9.91. The number of amides is 1. The van der Waals surface area contributed by atoms with Crippen LogP contribution >= 0.6 is 0 Å². The van der Waals surface area contributed by atoms with E-state index >= 15 is 0 Å². The first-order valence-electron chi connectivity index (χ1n) is 17.6. The van der Waals surface area contributed by atoms with Crippen molar-refractivity contribution in [2.45, 2.75) is 129 Å². The molecule has 3 N–H and O–H groups in total. The van der Waals surface area contributed by atoms with Gasteiger partial charge in [0.2, 0.25) is 5.91 Å². The number of aryl methyl sites for hydroxylation is 2. The van der Waals surface area contributed by atoms with Gasteiger partial charge in [-0.15, -0.1) is 0 Å². The van der Waals surface area contributed by atoms with Crippen molar-refractivity contribution in [1.29, 1.82) is 0 Å². The second-order valence-corrected chi connectivity index (χ2v) is 11.9. The van der Waals surface area contributed by atoms with Crippen LogP contribution in [0.1, 0.15) is 121 Å². The van der Waals surface area contributed by atoms with E-state index in [9.17, 15) is 15.0 Å². The summed E-state index contributed by atoms with van der Waals surface area (Å²) in [5.41, 5.74) is 1.50. The van der Waals surface area contributed by atoms with Crippen LogP contribution in [0.2, 0.25) is 0 Å². The quantitative estimate of drug-likeness (QED) is 0.0680. The van der Waals surface area contributed by atoms with Crippen molar-refractivity contribution >= 4 is 5.91 Å². The fourth-order valence-corrected chi connectivity index (χ4v) is 4.93. The molecule has 250 valence electrons. The van der Waals surface area contributed by atoms with Crippen LogP contribution in [0, 0.1) is 0 Å². The summed E-state index contributed by atoms with van der Waals surface area (Å²) in [5, 5.41) is 23.0. The Morgan fingerprint density at radius 1 is 0.622 bits per heavy atom. The molecule has 4 heteroatoms. The molecule has 4 nitrogen and oxygen atoms in total. The Hall–Kier alpha value is -2.95. The Labute approximate surface area is 275 Å². The van der Waals surface area contributed by atoms with Crippen LogP contribution in [0.5, 0.6) is 0 Å². The van der Waals surface area contributed by atoms with Crippen LogP contribution in [-0.2, 0) is 17.6 Å². The van der Waals surface area contributed by atoms with Gasteiger partial charge < -0.3 is 15.5 Å². The van der Waals surface area contributed by atoms with Gasteiger partial charge in [-0.3, -0.25) is 4.79 Å². The predicted molar refractivity (Wildman–Crippen MR) is 194 cm³/mol. The highest BCUT2D eigenvalue weighted by atomic mass is 16.3. The number of nitrogens with one attached hydrogen (secondary N) is 1. The number of allylic oxidation sites excluding steroid dienone is 12. The zero-order chi connectivity index (χ0) is 32.7. The van der Waals surface area contributed by atoms with Crippen LogP contribution in [0.25, 0.3) is 0 Å². The summed E-state index contributed by atoms with van der Waals surface area (Å²) in [4.78, 5) is 12.6. The standard InChI is InChI=1S/C41H63NO3/c1-3-5-7-9-11-12-13-14-15-16-17-18-19-20-21-22-23-25-27-29-40(45)42-41(36-43,37-44)35-34-39-32-30-38(31-33-39)28-26-24-10-8-6-4-2/h5,7,11-12,14-15,17-18,20-21,23,25,30-33,43-44H,3-4,6,8-10,13,16,19,22,24,26-29,34-37H2,1-2H3,(H,42,45)/b7-5-,12-11-,15-14-,18-17-,21-20-,25-23-. The van der Waals surface area contributed by atoms with Gasteiger partial charge in [0.1, 0.15) is 0 Å². The number of aliphatic hydroxyl groups is 2. The lowest BCUT2D eigenvalue weighted by Crippen LogP contribution is -2.54. The topological polar surface area (TPSA) is 69.6 Å². The smallest absolute Gasteiger partial charge is 0.220 e. The first-order chi connectivity index (χ1) is 22.1. The fourth-order valence-electron chi connectivity index (χ4n) is 4.93. The number of hydrogen-bond acceptors (Lipinski definition) is 3. The number of aliphatic hydroxyl groups excluding tert-OH is 2. The number of unbranched alkanes of at least 4 members (excludes halogenated alkanes) is 5.